The summed E-state index contributed by atoms with van der Waals surface area (Å²) in [5.74, 6) is -0.245. The molecule has 1 heterocycles. The number of hydrogen-bond donors (Lipinski definition) is 1. The van der Waals surface area contributed by atoms with Gasteiger partial charge in [0.1, 0.15) is 10.7 Å². The van der Waals surface area contributed by atoms with E-state index < -0.39 is 0 Å². The summed E-state index contributed by atoms with van der Waals surface area (Å²) in [6.45, 7) is 1.89. The van der Waals surface area contributed by atoms with E-state index in [1.54, 1.807) is 24.3 Å². The minimum Gasteiger partial charge on any atom is -0.321 e. The van der Waals surface area contributed by atoms with Gasteiger partial charge in [0.2, 0.25) is 0 Å². The number of aromatic nitrogens is 1. The van der Waals surface area contributed by atoms with Crippen LogP contribution in [0.1, 0.15) is 20.9 Å². The summed E-state index contributed by atoms with van der Waals surface area (Å²) < 4.78 is 0. The Morgan fingerprint density at radius 1 is 1.13 bits per heavy atom. The highest BCUT2D eigenvalue weighted by molar-refractivity contribution is 7.15. The third kappa shape index (κ3) is 3.28. The van der Waals surface area contributed by atoms with Gasteiger partial charge in [-0.1, -0.05) is 30.3 Å². The molecule has 23 heavy (non-hydrogen) atoms. The lowest BCUT2D eigenvalue weighted by Gasteiger charge is -2.03. The van der Waals surface area contributed by atoms with Gasteiger partial charge in [0, 0.05) is 16.1 Å². The molecule has 0 unspecified atom stereocenters. The summed E-state index contributed by atoms with van der Waals surface area (Å²) in [6, 6.07) is 18.6. The highest BCUT2D eigenvalue weighted by atomic mass is 32.1. The van der Waals surface area contributed by atoms with Crippen molar-refractivity contribution in [3.8, 4) is 16.6 Å². The number of nitrogens with zero attached hydrogens (tertiary/aromatic N) is 2. The highest BCUT2D eigenvalue weighted by Crippen LogP contribution is 2.27. The predicted molar refractivity (Wildman–Crippen MR) is 91.4 cm³/mol. The van der Waals surface area contributed by atoms with E-state index in [4.69, 9.17) is 5.26 Å². The van der Waals surface area contributed by atoms with Gasteiger partial charge in [-0.15, -0.1) is 11.3 Å². The van der Waals surface area contributed by atoms with E-state index in [-0.39, 0.29) is 5.91 Å². The number of nitriles is 1. The van der Waals surface area contributed by atoms with Crippen molar-refractivity contribution in [3.05, 3.63) is 70.7 Å². The van der Waals surface area contributed by atoms with Gasteiger partial charge in [0.25, 0.3) is 5.91 Å². The van der Waals surface area contributed by atoms with Gasteiger partial charge in [0.15, 0.2) is 0 Å². The lowest BCUT2D eigenvalue weighted by atomic mass is 10.2. The Labute approximate surface area is 138 Å². The molecule has 0 saturated heterocycles. The molecule has 1 amide bonds. The fourth-order valence-corrected chi connectivity index (χ4v) is 3.05. The minimum absolute atomic E-state index is 0.245. The number of hydrogen-bond acceptors (Lipinski definition) is 4. The van der Waals surface area contributed by atoms with Crippen molar-refractivity contribution >= 4 is 22.9 Å². The first kappa shape index (κ1) is 14.9. The number of nitrogens with one attached hydrogen (secondary N) is 1. The average Bonchev–Trinajstić information content (AvgIpc) is 2.98. The van der Waals surface area contributed by atoms with Crippen LogP contribution in [-0.4, -0.2) is 10.9 Å². The number of carbonyl (C=O) groups is 1. The molecular weight excluding hydrogens is 306 g/mol. The molecule has 5 heteroatoms. The van der Waals surface area contributed by atoms with Crippen molar-refractivity contribution in [3.63, 3.8) is 0 Å². The number of amides is 1. The van der Waals surface area contributed by atoms with Crippen LogP contribution in [-0.2, 0) is 0 Å². The van der Waals surface area contributed by atoms with E-state index in [0.29, 0.717) is 16.9 Å². The maximum absolute atomic E-state index is 12.4. The van der Waals surface area contributed by atoms with E-state index in [1.807, 2.05) is 43.3 Å². The topological polar surface area (TPSA) is 65.8 Å². The average molecular weight is 319 g/mol. The Hall–Kier alpha value is -2.97. The van der Waals surface area contributed by atoms with Gasteiger partial charge < -0.3 is 5.32 Å². The summed E-state index contributed by atoms with van der Waals surface area (Å²) in [6.07, 6.45) is 0. The SMILES string of the molecule is Cc1sc(-c2ccccc2)nc1C(=O)Nc1ccc(C#N)cc1. The number of thiazole rings is 1. The molecule has 0 aliphatic heterocycles. The molecule has 0 saturated carbocycles. The monoisotopic (exact) mass is 319 g/mol. The van der Waals surface area contributed by atoms with Crippen molar-refractivity contribution in [1.82, 2.24) is 4.98 Å². The van der Waals surface area contributed by atoms with Crippen LogP contribution in [0.4, 0.5) is 5.69 Å². The van der Waals surface area contributed by atoms with Gasteiger partial charge in [-0.25, -0.2) is 4.98 Å². The normalized spacial score (nSPS) is 10.1. The summed E-state index contributed by atoms with van der Waals surface area (Å²) in [5, 5.41) is 12.4. The predicted octanol–water partition coefficient (Wildman–Crippen LogP) is 4.24. The second-order valence-corrected chi connectivity index (χ2v) is 6.14. The zero-order valence-corrected chi connectivity index (χ0v) is 13.2. The van der Waals surface area contributed by atoms with E-state index in [0.717, 1.165) is 15.4 Å². The van der Waals surface area contributed by atoms with Crippen molar-refractivity contribution in [1.29, 1.82) is 5.26 Å². The van der Waals surface area contributed by atoms with Crippen LogP contribution in [0.2, 0.25) is 0 Å². The number of aryl methyl sites for hydroxylation is 1. The Balaban J connectivity index is 1.82. The van der Waals surface area contributed by atoms with Gasteiger partial charge in [0.05, 0.1) is 11.6 Å². The minimum atomic E-state index is -0.245. The number of carbonyl (C=O) groups excluding carboxylic acids is 1. The summed E-state index contributed by atoms with van der Waals surface area (Å²) >= 11 is 1.50. The van der Waals surface area contributed by atoms with Crippen LogP contribution in [0, 0.1) is 18.3 Å². The van der Waals surface area contributed by atoms with Gasteiger partial charge in [-0.2, -0.15) is 5.26 Å². The van der Waals surface area contributed by atoms with Gasteiger partial charge >= 0.3 is 0 Å². The Morgan fingerprint density at radius 2 is 1.83 bits per heavy atom. The van der Waals surface area contributed by atoms with Crippen molar-refractivity contribution in [2.24, 2.45) is 0 Å². The fraction of sp³-hybridized carbons (Fsp3) is 0.0556. The van der Waals surface area contributed by atoms with E-state index in [1.165, 1.54) is 11.3 Å². The Kier molecular flexibility index (Phi) is 4.18. The van der Waals surface area contributed by atoms with Crippen LogP contribution < -0.4 is 5.32 Å². The Morgan fingerprint density at radius 3 is 2.48 bits per heavy atom. The smallest absolute Gasteiger partial charge is 0.275 e. The third-order valence-corrected chi connectivity index (χ3v) is 4.32. The highest BCUT2D eigenvalue weighted by Gasteiger charge is 2.16. The van der Waals surface area contributed by atoms with Gasteiger partial charge in [-0.05, 0) is 31.2 Å². The standard InChI is InChI=1S/C18H13N3OS/c1-12-16(21-18(23-12)14-5-3-2-4-6-14)17(22)20-15-9-7-13(11-19)8-10-15/h2-10H,1H3,(H,20,22). The number of anilines is 1. The molecule has 1 N–H and O–H groups in total. The maximum Gasteiger partial charge on any atom is 0.275 e. The quantitative estimate of drug-likeness (QED) is 0.785. The molecule has 0 atom stereocenters. The van der Waals surface area contributed by atoms with Crippen LogP contribution in [0.15, 0.2) is 54.6 Å². The molecule has 0 bridgehead atoms. The fourth-order valence-electron chi connectivity index (χ4n) is 2.13. The first-order valence-corrected chi connectivity index (χ1v) is 7.83. The maximum atomic E-state index is 12.4. The van der Waals surface area contributed by atoms with E-state index in [2.05, 4.69) is 10.3 Å². The van der Waals surface area contributed by atoms with Crippen LogP contribution in [0.25, 0.3) is 10.6 Å². The second-order valence-electron chi connectivity index (χ2n) is 4.93. The molecule has 0 aliphatic carbocycles. The van der Waals surface area contributed by atoms with E-state index in [9.17, 15) is 4.79 Å². The summed E-state index contributed by atoms with van der Waals surface area (Å²) in [7, 11) is 0. The van der Waals surface area contributed by atoms with Crippen molar-refractivity contribution < 1.29 is 4.79 Å². The lowest BCUT2D eigenvalue weighted by molar-refractivity contribution is 0.102. The number of benzene rings is 2. The van der Waals surface area contributed by atoms with Crippen molar-refractivity contribution in [2.45, 2.75) is 6.92 Å². The zero-order chi connectivity index (χ0) is 16.2. The molecule has 0 fully saturated rings. The molecule has 1 aromatic heterocycles. The molecule has 2 aromatic carbocycles. The molecule has 0 spiro atoms. The van der Waals surface area contributed by atoms with Crippen LogP contribution in [0.5, 0.6) is 0 Å². The first-order valence-electron chi connectivity index (χ1n) is 7.02. The first-order chi connectivity index (χ1) is 11.2. The Bertz CT molecular complexity index is 877. The van der Waals surface area contributed by atoms with Crippen LogP contribution in [0.3, 0.4) is 0 Å². The number of rotatable bonds is 3. The molecule has 112 valence electrons. The van der Waals surface area contributed by atoms with Crippen LogP contribution >= 0.6 is 11.3 Å². The molecule has 0 radical (unpaired) electrons. The molecule has 4 nitrogen and oxygen atoms in total. The summed E-state index contributed by atoms with van der Waals surface area (Å²) in [5.41, 5.74) is 2.62. The van der Waals surface area contributed by atoms with E-state index >= 15 is 0 Å². The molecule has 3 rings (SSSR count). The second kappa shape index (κ2) is 6.42. The zero-order valence-electron chi connectivity index (χ0n) is 12.4. The molecule has 0 aliphatic rings. The third-order valence-electron chi connectivity index (χ3n) is 3.30. The molecule has 3 aromatic rings. The molecular formula is C18H13N3OS. The lowest BCUT2D eigenvalue weighted by Crippen LogP contribution is -2.13. The summed E-state index contributed by atoms with van der Waals surface area (Å²) in [4.78, 5) is 17.7. The van der Waals surface area contributed by atoms with Crippen molar-refractivity contribution in [2.75, 3.05) is 5.32 Å². The largest absolute Gasteiger partial charge is 0.321 e. The van der Waals surface area contributed by atoms with Gasteiger partial charge in [-0.3, -0.25) is 4.79 Å².